The second kappa shape index (κ2) is 5.34. The van der Waals surface area contributed by atoms with Crippen LogP contribution in [0.15, 0.2) is 36.7 Å². The summed E-state index contributed by atoms with van der Waals surface area (Å²) in [6, 6.07) is 5.57. The molecule has 0 saturated carbocycles. The largest absolute Gasteiger partial charge is 0.489 e. The predicted octanol–water partition coefficient (Wildman–Crippen LogP) is 2.08. The van der Waals surface area contributed by atoms with Crippen LogP contribution in [0.25, 0.3) is 0 Å². The molecule has 0 amide bonds. The number of rotatable bonds is 4. The third-order valence-corrected chi connectivity index (χ3v) is 2.42. The van der Waals surface area contributed by atoms with Crippen molar-refractivity contribution >= 4 is 11.7 Å². The summed E-state index contributed by atoms with van der Waals surface area (Å²) in [4.78, 5) is 14.5. The first kappa shape index (κ1) is 12.8. The van der Waals surface area contributed by atoms with Gasteiger partial charge in [0.1, 0.15) is 18.2 Å². The van der Waals surface area contributed by atoms with E-state index in [9.17, 15) is 9.18 Å². The molecular weight excluding hydrogens is 251 g/mol. The normalized spacial score (nSPS) is 10.2. The van der Waals surface area contributed by atoms with Crippen LogP contribution in [0.1, 0.15) is 15.9 Å². The van der Waals surface area contributed by atoms with Gasteiger partial charge in [-0.3, -0.25) is 4.98 Å². The van der Waals surface area contributed by atoms with E-state index in [-0.39, 0.29) is 17.9 Å². The summed E-state index contributed by atoms with van der Waals surface area (Å²) in [7, 11) is 0. The highest BCUT2D eigenvalue weighted by Gasteiger charge is 2.08. The molecular formula is C13H11FN2O3. The Morgan fingerprint density at radius 2 is 2.16 bits per heavy atom. The van der Waals surface area contributed by atoms with Gasteiger partial charge in [0, 0.05) is 23.5 Å². The molecule has 1 heterocycles. The van der Waals surface area contributed by atoms with Gasteiger partial charge in [0.15, 0.2) is 0 Å². The molecule has 5 nitrogen and oxygen atoms in total. The molecule has 3 N–H and O–H groups in total. The number of pyridine rings is 1. The zero-order valence-corrected chi connectivity index (χ0v) is 9.84. The van der Waals surface area contributed by atoms with Gasteiger partial charge in [-0.25, -0.2) is 9.18 Å². The standard InChI is InChI=1S/C13H11FN2O3/c14-9-3-8(5-16-6-9)7-19-10-1-2-11(13(17)18)12(15)4-10/h1-6H,7,15H2,(H,17,18). The molecule has 0 aliphatic rings. The molecule has 0 aliphatic heterocycles. The summed E-state index contributed by atoms with van der Waals surface area (Å²) in [6.07, 6.45) is 2.58. The van der Waals surface area contributed by atoms with Crippen molar-refractivity contribution in [1.82, 2.24) is 4.98 Å². The second-order valence-electron chi connectivity index (χ2n) is 3.85. The molecule has 0 radical (unpaired) electrons. The van der Waals surface area contributed by atoms with E-state index in [1.165, 1.54) is 30.5 Å². The molecule has 0 spiro atoms. The number of aromatic nitrogens is 1. The summed E-state index contributed by atoms with van der Waals surface area (Å²) in [6.45, 7) is 0.122. The van der Waals surface area contributed by atoms with Crippen molar-refractivity contribution in [1.29, 1.82) is 0 Å². The molecule has 0 aliphatic carbocycles. The highest BCUT2D eigenvalue weighted by Crippen LogP contribution is 2.20. The Morgan fingerprint density at radius 1 is 1.37 bits per heavy atom. The predicted molar refractivity (Wildman–Crippen MR) is 66.3 cm³/mol. The Balaban J connectivity index is 2.08. The number of anilines is 1. The van der Waals surface area contributed by atoms with Gasteiger partial charge in [-0.15, -0.1) is 0 Å². The molecule has 6 heteroatoms. The van der Waals surface area contributed by atoms with Crippen molar-refractivity contribution in [3.05, 3.63) is 53.6 Å². The first-order valence-corrected chi connectivity index (χ1v) is 5.41. The van der Waals surface area contributed by atoms with Gasteiger partial charge < -0.3 is 15.6 Å². The van der Waals surface area contributed by atoms with Crippen molar-refractivity contribution in [2.45, 2.75) is 6.61 Å². The van der Waals surface area contributed by atoms with Crippen molar-refractivity contribution < 1.29 is 19.0 Å². The lowest BCUT2D eigenvalue weighted by Crippen LogP contribution is -2.03. The Bertz CT molecular complexity index is 617. The van der Waals surface area contributed by atoms with E-state index in [4.69, 9.17) is 15.6 Å². The fourth-order valence-electron chi connectivity index (χ4n) is 1.53. The summed E-state index contributed by atoms with van der Waals surface area (Å²) < 4.78 is 18.3. The van der Waals surface area contributed by atoms with Crippen molar-refractivity contribution in [3.8, 4) is 5.75 Å². The van der Waals surface area contributed by atoms with Crippen molar-refractivity contribution in [2.75, 3.05) is 5.73 Å². The first-order valence-electron chi connectivity index (χ1n) is 5.41. The zero-order chi connectivity index (χ0) is 13.8. The summed E-state index contributed by atoms with van der Waals surface area (Å²) in [5.41, 5.74) is 6.28. The zero-order valence-electron chi connectivity index (χ0n) is 9.84. The number of halogens is 1. The highest BCUT2D eigenvalue weighted by molar-refractivity contribution is 5.93. The van der Waals surface area contributed by atoms with Crippen LogP contribution < -0.4 is 10.5 Å². The van der Waals surface area contributed by atoms with Crippen LogP contribution in [0.2, 0.25) is 0 Å². The number of hydrogen-bond donors (Lipinski definition) is 2. The molecule has 2 rings (SSSR count). The van der Waals surface area contributed by atoms with Crippen LogP contribution in [0.5, 0.6) is 5.75 Å². The van der Waals surface area contributed by atoms with E-state index in [0.717, 1.165) is 6.20 Å². The number of hydrogen-bond acceptors (Lipinski definition) is 4. The average Bonchev–Trinajstić information content (AvgIpc) is 2.36. The second-order valence-corrected chi connectivity index (χ2v) is 3.85. The molecule has 0 saturated heterocycles. The van der Waals surface area contributed by atoms with E-state index in [1.807, 2.05) is 0 Å². The van der Waals surface area contributed by atoms with Crippen LogP contribution in [0.3, 0.4) is 0 Å². The van der Waals surface area contributed by atoms with E-state index >= 15 is 0 Å². The Labute approximate surface area is 108 Å². The van der Waals surface area contributed by atoms with Gasteiger partial charge in [-0.2, -0.15) is 0 Å². The molecule has 0 atom stereocenters. The summed E-state index contributed by atoms with van der Waals surface area (Å²) in [5.74, 6) is -1.13. The minimum Gasteiger partial charge on any atom is -0.489 e. The van der Waals surface area contributed by atoms with E-state index in [0.29, 0.717) is 11.3 Å². The molecule has 0 fully saturated rings. The number of carboxylic acid groups (broad SMARTS) is 1. The molecule has 2 aromatic rings. The number of carbonyl (C=O) groups is 1. The molecule has 98 valence electrons. The van der Waals surface area contributed by atoms with Crippen LogP contribution in [0.4, 0.5) is 10.1 Å². The lowest BCUT2D eigenvalue weighted by atomic mass is 10.2. The highest BCUT2D eigenvalue weighted by atomic mass is 19.1. The van der Waals surface area contributed by atoms with Gasteiger partial charge >= 0.3 is 5.97 Å². The Hall–Kier alpha value is -2.63. The van der Waals surface area contributed by atoms with Gasteiger partial charge in [-0.1, -0.05) is 0 Å². The minimum atomic E-state index is -1.10. The Kier molecular flexibility index (Phi) is 3.61. The number of nitrogen functional groups attached to an aromatic ring is 1. The maximum Gasteiger partial charge on any atom is 0.337 e. The quantitative estimate of drug-likeness (QED) is 0.824. The average molecular weight is 262 g/mol. The third kappa shape index (κ3) is 3.19. The number of ether oxygens (including phenoxy) is 1. The van der Waals surface area contributed by atoms with E-state index in [2.05, 4.69) is 4.98 Å². The monoisotopic (exact) mass is 262 g/mol. The third-order valence-electron chi connectivity index (χ3n) is 2.42. The van der Waals surface area contributed by atoms with Crippen LogP contribution >= 0.6 is 0 Å². The van der Waals surface area contributed by atoms with E-state index < -0.39 is 11.8 Å². The lowest BCUT2D eigenvalue weighted by molar-refractivity contribution is 0.0698. The minimum absolute atomic E-state index is 0.0137. The number of aromatic carboxylic acids is 1. The van der Waals surface area contributed by atoms with Gasteiger partial charge in [0.05, 0.1) is 11.8 Å². The topological polar surface area (TPSA) is 85.4 Å². The first-order chi connectivity index (χ1) is 9.06. The summed E-state index contributed by atoms with van der Waals surface area (Å²) in [5, 5.41) is 8.82. The van der Waals surface area contributed by atoms with Crippen molar-refractivity contribution in [2.24, 2.45) is 0 Å². The van der Waals surface area contributed by atoms with Crippen LogP contribution in [0, 0.1) is 5.82 Å². The molecule has 1 aromatic heterocycles. The fourth-order valence-corrected chi connectivity index (χ4v) is 1.53. The SMILES string of the molecule is Nc1cc(OCc2cncc(F)c2)ccc1C(=O)O. The summed E-state index contributed by atoms with van der Waals surface area (Å²) >= 11 is 0. The van der Waals surface area contributed by atoms with Crippen molar-refractivity contribution in [3.63, 3.8) is 0 Å². The maximum absolute atomic E-state index is 12.9. The van der Waals surface area contributed by atoms with Crippen LogP contribution in [-0.2, 0) is 6.61 Å². The van der Waals surface area contributed by atoms with Gasteiger partial charge in [0.25, 0.3) is 0 Å². The Morgan fingerprint density at radius 3 is 2.79 bits per heavy atom. The number of nitrogens with zero attached hydrogens (tertiary/aromatic N) is 1. The molecule has 19 heavy (non-hydrogen) atoms. The van der Waals surface area contributed by atoms with E-state index in [1.54, 1.807) is 0 Å². The number of nitrogens with two attached hydrogens (primary N) is 1. The molecule has 0 bridgehead atoms. The smallest absolute Gasteiger partial charge is 0.337 e. The number of benzene rings is 1. The lowest BCUT2D eigenvalue weighted by Gasteiger charge is -2.08. The van der Waals surface area contributed by atoms with Gasteiger partial charge in [0.2, 0.25) is 0 Å². The number of carboxylic acids is 1. The fraction of sp³-hybridized carbons (Fsp3) is 0.0769. The van der Waals surface area contributed by atoms with Crippen LogP contribution in [-0.4, -0.2) is 16.1 Å². The molecule has 0 unspecified atom stereocenters. The maximum atomic E-state index is 12.9. The molecule has 1 aromatic carbocycles. The van der Waals surface area contributed by atoms with Gasteiger partial charge in [-0.05, 0) is 18.2 Å².